The average Bonchev–Trinajstić information content (AvgIpc) is 2.59. The quantitative estimate of drug-likeness (QED) is 0.570. The molecule has 0 heterocycles. The molecule has 4 nitrogen and oxygen atoms in total. The number of hydrogen-bond donors (Lipinski definition) is 2. The van der Waals surface area contributed by atoms with Crippen LogP contribution in [-0.4, -0.2) is 11.8 Å². The number of halogens is 6. The van der Waals surface area contributed by atoms with Gasteiger partial charge in [-0.05, 0) is 42.3 Å². The fourth-order valence-corrected chi connectivity index (χ4v) is 2.81. The second-order valence-electron chi connectivity index (χ2n) is 6.47. The van der Waals surface area contributed by atoms with Crippen molar-refractivity contribution in [3.05, 3.63) is 70.8 Å². The lowest BCUT2D eigenvalue weighted by Gasteiger charge is -2.33. The highest BCUT2D eigenvalue weighted by Crippen LogP contribution is 2.37. The topological polar surface area (TPSA) is 72.2 Å². The number of primary amides is 1. The van der Waals surface area contributed by atoms with Crippen molar-refractivity contribution >= 4 is 11.8 Å². The Morgan fingerprint density at radius 3 is 1.55 bits per heavy atom. The molecular weight excluding hydrogens is 402 g/mol. The number of alkyl halides is 6. The summed E-state index contributed by atoms with van der Waals surface area (Å²) < 4.78 is 78.7. The molecule has 0 aliphatic carbocycles. The van der Waals surface area contributed by atoms with Crippen LogP contribution in [0.1, 0.15) is 35.6 Å². The summed E-state index contributed by atoms with van der Waals surface area (Å²) >= 11 is 0. The van der Waals surface area contributed by atoms with Crippen molar-refractivity contribution in [2.24, 2.45) is 5.73 Å². The van der Waals surface area contributed by atoms with Gasteiger partial charge in [0.1, 0.15) is 6.42 Å². The van der Waals surface area contributed by atoms with E-state index in [-0.39, 0.29) is 11.1 Å². The van der Waals surface area contributed by atoms with Crippen LogP contribution >= 0.6 is 0 Å². The number of rotatable bonds is 5. The van der Waals surface area contributed by atoms with Gasteiger partial charge >= 0.3 is 12.4 Å². The van der Waals surface area contributed by atoms with Crippen LogP contribution in [0, 0.1) is 0 Å². The van der Waals surface area contributed by atoms with E-state index in [4.69, 9.17) is 5.73 Å². The summed E-state index contributed by atoms with van der Waals surface area (Å²) in [6, 6.07) is 7.66. The summed E-state index contributed by atoms with van der Waals surface area (Å²) in [7, 11) is 0. The molecular formula is C19H16F6N2O2. The van der Waals surface area contributed by atoms with Crippen LogP contribution in [0.2, 0.25) is 0 Å². The number of nitrogens with two attached hydrogens (primary N) is 1. The maximum absolute atomic E-state index is 13.1. The summed E-state index contributed by atoms with van der Waals surface area (Å²) in [6.07, 6.45) is -10.2. The monoisotopic (exact) mass is 418 g/mol. The van der Waals surface area contributed by atoms with E-state index in [1.807, 2.05) is 0 Å². The molecule has 0 aliphatic rings. The highest BCUT2D eigenvalue weighted by atomic mass is 19.4. The Bertz CT molecular complexity index is 864. The average molecular weight is 418 g/mol. The minimum atomic E-state index is -4.71. The van der Waals surface area contributed by atoms with Crippen LogP contribution in [0.15, 0.2) is 48.5 Å². The molecule has 0 saturated carbocycles. The summed E-state index contributed by atoms with van der Waals surface area (Å²) in [4.78, 5) is 23.1. The second kappa shape index (κ2) is 7.76. The van der Waals surface area contributed by atoms with Crippen molar-refractivity contribution in [2.45, 2.75) is 31.2 Å². The van der Waals surface area contributed by atoms with E-state index >= 15 is 0 Å². The van der Waals surface area contributed by atoms with Gasteiger partial charge < -0.3 is 11.1 Å². The zero-order valence-corrected chi connectivity index (χ0v) is 15.0. The Balaban J connectivity index is 2.65. The first-order valence-corrected chi connectivity index (χ1v) is 8.18. The molecule has 2 amide bonds. The molecule has 29 heavy (non-hydrogen) atoms. The lowest BCUT2D eigenvalue weighted by molar-refractivity contribution is -0.138. The fourth-order valence-electron chi connectivity index (χ4n) is 2.81. The highest BCUT2D eigenvalue weighted by molar-refractivity contribution is 5.96. The van der Waals surface area contributed by atoms with E-state index in [2.05, 4.69) is 5.32 Å². The minimum Gasteiger partial charge on any atom is -0.369 e. The van der Waals surface area contributed by atoms with Crippen molar-refractivity contribution in [3.63, 3.8) is 0 Å². The molecule has 2 rings (SSSR count). The van der Waals surface area contributed by atoms with E-state index in [1.54, 1.807) is 0 Å². The lowest BCUT2D eigenvalue weighted by atomic mass is 9.83. The molecule has 0 aliphatic heterocycles. The third kappa shape index (κ3) is 5.27. The van der Waals surface area contributed by atoms with Gasteiger partial charge in [0.2, 0.25) is 11.8 Å². The molecule has 3 N–H and O–H groups in total. The van der Waals surface area contributed by atoms with Gasteiger partial charge in [0.05, 0.1) is 16.7 Å². The van der Waals surface area contributed by atoms with Gasteiger partial charge in [-0.25, -0.2) is 0 Å². The number of nitrogens with one attached hydrogen (secondary N) is 1. The van der Waals surface area contributed by atoms with Crippen molar-refractivity contribution in [1.29, 1.82) is 0 Å². The Kier molecular flexibility index (Phi) is 5.96. The number of amides is 2. The molecule has 0 bridgehead atoms. The van der Waals surface area contributed by atoms with Gasteiger partial charge in [0, 0.05) is 0 Å². The lowest BCUT2D eigenvalue weighted by Crippen LogP contribution is -2.45. The normalized spacial score (nSPS) is 12.5. The van der Waals surface area contributed by atoms with Crippen molar-refractivity contribution in [1.82, 2.24) is 5.32 Å². The largest absolute Gasteiger partial charge is 0.416 e. The van der Waals surface area contributed by atoms with Crippen LogP contribution in [0.3, 0.4) is 0 Å². The van der Waals surface area contributed by atoms with Crippen molar-refractivity contribution in [2.75, 3.05) is 0 Å². The number of benzene rings is 2. The second-order valence-corrected chi connectivity index (χ2v) is 6.47. The molecule has 2 aromatic carbocycles. The molecule has 156 valence electrons. The smallest absolute Gasteiger partial charge is 0.369 e. The predicted molar refractivity (Wildman–Crippen MR) is 91.3 cm³/mol. The van der Waals surface area contributed by atoms with Crippen LogP contribution in [0.5, 0.6) is 0 Å². The zero-order chi connectivity index (χ0) is 22.0. The number of carbonyl (C=O) groups excluding carboxylic acids is 2. The molecule has 0 spiro atoms. The van der Waals surface area contributed by atoms with Gasteiger partial charge in [-0.1, -0.05) is 24.3 Å². The summed E-state index contributed by atoms with van der Waals surface area (Å²) in [6.45, 7) is 1.25. The van der Waals surface area contributed by atoms with Gasteiger partial charge in [-0.15, -0.1) is 0 Å². The molecule has 0 saturated heterocycles. The van der Waals surface area contributed by atoms with E-state index in [1.165, 1.54) is 19.1 Å². The SMILES string of the molecule is CC(NC(=O)CC(N)=O)(c1cccc(C(F)(F)F)c1)c1cccc(C(F)(F)F)c1. The number of hydrogen-bond acceptors (Lipinski definition) is 2. The molecule has 10 heteroatoms. The third-order valence-electron chi connectivity index (χ3n) is 4.26. The Labute approximate surface area is 161 Å². The Morgan fingerprint density at radius 2 is 1.21 bits per heavy atom. The molecule has 0 atom stereocenters. The predicted octanol–water partition coefficient (Wildman–Crippen LogP) is 3.98. The first-order chi connectivity index (χ1) is 13.2. The molecule has 0 aromatic heterocycles. The van der Waals surface area contributed by atoms with Crippen LogP contribution in [-0.2, 0) is 27.5 Å². The molecule has 2 aromatic rings. The van der Waals surface area contributed by atoms with Crippen molar-refractivity contribution in [3.8, 4) is 0 Å². The van der Waals surface area contributed by atoms with Crippen LogP contribution in [0.25, 0.3) is 0 Å². The molecule has 0 radical (unpaired) electrons. The minimum absolute atomic E-state index is 0.121. The van der Waals surface area contributed by atoms with E-state index in [0.717, 1.165) is 36.4 Å². The Morgan fingerprint density at radius 1 is 0.828 bits per heavy atom. The van der Waals surface area contributed by atoms with Gasteiger partial charge in [-0.2, -0.15) is 26.3 Å². The summed E-state index contributed by atoms with van der Waals surface area (Å²) in [5.74, 6) is -1.95. The van der Waals surface area contributed by atoms with Crippen molar-refractivity contribution < 1.29 is 35.9 Å². The number of carbonyl (C=O) groups is 2. The summed E-state index contributed by atoms with van der Waals surface area (Å²) in [5.41, 5.74) is 0.828. The molecule has 0 fully saturated rings. The van der Waals surface area contributed by atoms with E-state index in [0.29, 0.717) is 0 Å². The van der Waals surface area contributed by atoms with E-state index < -0.39 is 47.3 Å². The maximum atomic E-state index is 13.1. The van der Waals surface area contributed by atoms with Gasteiger partial charge in [0.15, 0.2) is 0 Å². The fraction of sp³-hybridized carbons (Fsp3) is 0.263. The zero-order valence-electron chi connectivity index (χ0n) is 15.0. The first-order valence-electron chi connectivity index (χ1n) is 8.18. The van der Waals surface area contributed by atoms with Gasteiger partial charge in [0.25, 0.3) is 0 Å². The van der Waals surface area contributed by atoms with E-state index in [9.17, 15) is 35.9 Å². The van der Waals surface area contributed by atoms with Crippen LogP contribution in [0.4, 0.5) is 26.3 Å². The standard InChI is InChI=1S/C19H16F6N2O2/c1-17(27-16(29)10-15(26)28,11-4-2-6-13(8-11)18(20,21)22)12-5-3-7-14(9-12)19(23,24)25/h2-9H,10H2,1H3,(H2,26,28)(H,27,29). The first kappa shape index (κ1) is 22.3. The Hall–Kier alpha value is -3.04. The molecule has 0 unspecified atom stereocenters. The highest BCUT2D eigenvalue weighted by Gasteiger charge is 2.37. The summed E-state index contributed by atoms with van der Waals surface area (Å²) in [5, 5.41) is 2.34. The van der Waals surface area contributed by atoms with Gasteiger partial charge in [-0.3, -0.25) is 9.59 Å². The maximum Gasteiger partial charge on any atom is 0.416 e. The van der Waals surface area contributed by atoms with Crippen LogP contribution < -0.4 is 11.1 Å². The third-order valence-corrected chi connectivity index (χ3v) is 4.26.